The van der Waals surface area contributed by atoms with E-state index in [2.05, 4.69) is 16.9 Å². The molecular weight excluding hydrogens is 531 g/mol. The van der Waals surface area contributed by atoms with E-state index in [4.69, 9.17) is 15.3 Å². The quantitative estimate of drug-likeness (QED) is 0.173. The van der Waals surface area contributed by atoms with Gasteiger partial charge in [0.25, 0.3) is 0 Å². The number of aliphatic carboxylic acids is 1. The van der Waals surface area contributed by atoms with Gasteiger partial charge in [0.05, 0.1) is 5.52 Å². The minimum Gasteiger partial charge on any atom is -0.481 e. The van der Waals surface area contributed by atoms with Crippen molar-refractivity contribution in [3.05, 3.63) is 101 Å². The number of rotatable bonds is 7. The van der Waals surface area contributed by atoms with Crippen LogP contribution in [0, 0.1) is 22.9 Å². The molecule has 0 amide bonds. The Morgan fingerprint density at radius 3 is 2.66 bits per heavy atom. The summed E-state index contributed by atoms with van der Waals surface area (Å²) in [4.78, 5) is 13.2. The molecule has 6 nitrogen and oxygen atoms in total. The van der Waals surface area contributed by atoms with Crippen LogP contribution in [0.2, 0.25) is 0 Å². The summed E-state index contributed by atoms with van der Waals surface area (Å²) >= 11 is 0. The third kappa shape index (κ3) is 6.80. The number of ether oxygens (including phenoxy) is 1. The Morgan fingerprint density at radius 2 is 1.93 bits per heavy atom. The van der Waals surface area contributed by atoms with E-state index in [1.165, 1.54) is 6.07 Å². The molecule has 1 atom stereocenters. The lowest BCUT2D eigenvalue weighted by Crippen LogP contribution is -2.10. The molecule has 0 bridgehead atoms. The number of aromatic amines is 1. The van der Waals surface area contributed by atoms with Gasteiger partial charge in [-0.2, -0.15) is 0 Å². The molecule has 0 saturated heterocycles. The Morgan fingerprint density at radius 1 is 1.15 bits per heavy atom. The van der Waals surface area contributed by atoms with Gasteiger partial charge in [0.15, 0.2) is 17.4 Å². The first-order chi connectivity index (χ1) is 19.6. The number of carbonyl (C=O) groups is 1. The fourth-order valence-electron chi connectivity index (χ4n) is 4.66. The lowest BCUT2D eigenvalue weighted by atomic mass is 9.93. The second-order valence-corrected chi connectivity index (χ2v) is 9.99. The third-order valence-corrected chi connectivity index (χ3v) is 7.12. The van der Waals surface area contributed by atoms with Crippen LogP contribution in [0.1, 0.15) is 54.9 Å². The predicted molar refractivity (Wildman–Crippen MR) is 154 cm³/mol. The van der Waals surface area contributed by atoms with Gasteiger partial charge in [0, 0.05) is 53.5 Å². The molecule has 0 spiro atoms. The first kappa shape index (κ1) is 29.5. The van der Waals surface area contributed by atoms with Gasteiger partial charge in [0.1, 0.15) is 11.6 Å². The smallest absolute Gasteiger partial charge is 0.303 e. The Hall–Kier alpha value is -4.53. The highest BCUT2D eigenvalue weighted by atomic mass is 19.1. The molecule has 214 valence electrons. The molecule has 9 heteroatoms. The first-order valence-electron chi connectivity index (χ1n) is 13.3. The Bertz CT molecular complexity index is 1610. The van der Waals surface area contributed by atoms with Crippen LogP contribution in [0.25, 0.3) is 16.6 Å². The van der Waals surface area contributed by atoms with Crippen molar-refractivity contribution in [2.45, 2.75) is 45.4 Å². The Balaban J connectivity index is 0.000000202. The van der Waals surface area contributed by atoms with Crippen LogP contribution in [0.5, 0.6) is 11.5 Å². The molecule has 41 heavy (non-hydrogen) atoms. The van der Waals surface area contributed by atoms with Crippen molar-refractivity contribution in [1.82, 2.24) is 10.3 Å². The zero-order valence-corrected chi connectivity index (χ0v) is 22.9. The van der Waals surface area contributed by atoms with Gasteiger partial charge in [0.2, 0.25) is 0 Å². The summed E-state index contributed by atoms with van der Waals surface area (Å²) in [7, 11) is 0. The van der Waals surface area contributed by atoms with Gasteiger partial charge in [-0.15, -0.1) is 0 Å². The van der Waals surface area contributed by atoms with Gasteiger partial charge in [-0.3, -0.25) is 4.79 Å². The molecular formula is C32H32F3N3O3. The van der Waals surface area contributed by atoms with Crippen molar-refractivity contribution in [1.29, 1.82) is 5.41 Å². The third-order valence-electron chi connectivity index (χ3n) is 7.12. The van der Waals surface area contributed by atoms with Gasteiger partial charge >= 0.3 is 5.97 Å². The largest absolute Gasteiger partial charge is 0.481 e. The van der Waals surface area contributed by atoms with Crippen molar-refractivity contribution >= 4 is 28.3 Å². The van der Waals surface area contributed by atoms with Crippen molar-refractivity contribution in [3.8, 4) is 11.5 Å². The Kier molecular flexibility index (Phi) is 9.17. The summed E-state index contributed by atoms with van der Waals surface area (Å²) < 4.78 is 48.3. The number of carboxylic acids is 1. The number of halogens is 3. The van der Waals surface area contributed by atoms with Crippen LogP contribution in [0.15, 0.2) is 61.3 Å². The minimum absolute atomic E-state index is 0.0850. The number of fused-ring (bicyclic) bond motifs is 2. The molecule has 1 aliphatic rings. The second kappa shape index (κ2) is 12.8. The highest BCUT2D eigenvalue weighted by Gasteiger charge is 2.19. The SMILES string of the molecule is C=C1NCCCc2ccc(Oc3c(F)cc4[nH]ccc4c3F)cc21.CC(=N)C(C)c1cccc(CCC(=O)O)c1F. The Labute approximate surface area is 236 Å². The molecule has 1 aliphatic heterocycles. The lowest BCUT2D eigenvalue weighted by Gasteiger charge is -2.13. The van der Waals surface area contributed by atoms with E-state index >= 15 is 0 Å². The van der Waals surface area contributed by atoms with Crippen LogP contribution < -0.4 is 10.1 Å². The topological polar surface area (TPSA) is 98.2 Å². The highest BCUT2D eigenvalue weighted by Crippen LogP contribution is 2.34. The fraction of sp³-hybridized carbons (Fsp3) is 0.250. The maximum atomic E-state index is 14.5. The highest BCUT2D eigenvalue weighted by molar-refractivity contribution is 5.85. The molecule has 0 saturated carbocycles. The number of hydrogen-bond donors (Lipinski definition) is 4. The molecule has 4 N–H and O–H groups in total. The zero-order chi connectivity index (χ0) is 29.7. The number of hydrogen-bond acceptors (Lipinski definition) is 4. The molecule has 5 rings (SSSR count). The lowest BCUT2D eigenvalue weighted by molar-refractivity contribution is -0.136. The zero-order valence-electron chi connectivity index (χ0n) is 22.9. The number of nitrogens with one attached hydrogen (secondary N) is 3. The van der Waals surface area contributed by atoms with Gasteiger partial charge in [-0.25, -0.2) is 13.2 Å². The van der Waals surface area contributed by atoms with Crippen LogP contribution in [0.3, 0.4) is 0 Å². The fourth-order valence-corrected chi connectivity index (χ4v) is 4.66. The van der Waals surface area contributed by atoms with Gasteiger partial charge in [-0.1, -0.05) is 37.8 Å². The number of H-pyrrole nitrogens is 1. The van der Waals surface area contributed by atoms with Crippen LogP contribution in [-0.4, -0.2) is 28.3 Å². The molecule has 0 aliphatic carbocycles. The van der Waals surface area contributed by atoms with Crippen molar-refractivity contribution in [2.24, 2.45) is 0 Å². The predicted octanol–water partition coefficient (Wildman–Crippen LogP) is 7.73. The number of aromatic nitrogens is 1. The summed E-state index contributed by atoms with van der Waals surface area (Å²) in [5.41, 5.74) is 4.53. The molecule has 3 aromatic carbocycles. The molecule has 2 heterocycles. The van der Waals surface area contributed by atoms with Gasteiger partial charge in [-0.05, 0) is 61.1 Å². The average molecular weight is 564 g/mol. The van der Waals surface area contributed by atoms with Crippen molar-refractivity contribution < 1.29 is 27.8 Å². The van der Waals surface area contributed by atoms with E-state index < -0.39 is 23.4 Å². The normalized spacial score (nSPS) is 13.3. The van der Waals surface area contributed by atoms with Crippen molar-refractivity contribution in [2.75, 3.05) is 6.54 Å². The van der Waals surface area contributed by atoms with Crippen LogP contribution in [0.4, 0.5) is 13.2 Å². The molecule has 0 fully saturated rings. The first-order valence-corrected chi connectivity index (χ1v) is 13.3. The molecule has 0 radical (unpaired) electrons. The molecule has 1 aromatic heterocycles. The average Bonchev–Trinajstić information content (AvgIpc) is 3.33. The summed E-state index contributed by atoms with van der Waals surface area (Å²) in [5, 5.41) is 19.6. The standard InChI is InChI=1S/C19H16F2N2O.C13H16FNO2/c1-11-15-9-13(5-4-12(15)3-2-7-22-11)24-19-16(20)10-17-14(18(19)21)6-8-23-17;1-8(9(2)15)11-5-3-4-10(13(11)14)6-7-12(16)17/h4-6,8-10,22-23H,1-3,7H2;3-5,8,15H,6-7H2,1-2H3,(H,16,17). The molecule has 1 unspecified atom stereocenters. The van der Waals surface area contributed by atoms with Crippen LogP contribution in [-0.2, 0) is 17.6 Å². The van der Waals surface area contributed by atoms with Crippen molar-refractivity contribution in [3.63, 3.8) is 0 Å². The van der Waals surface area contributed by atoms with Crippen LogP contribution >= 0.6 is 0 Å². The number of carboxylic acid groups (broad SMARTS) is 1. The number of aryl methyl sites for hydroxylation is 2. The summed E-state index contributed by atoms with van der Waals surface area (Å²) in [5.74, 6) is -3.06. The minimum atomic E-state index is -0.939. The summed E-state index contributed by atoms with van der Waals surface area (Å²) in [6, 6.07) is 13.2. The summed E-state index contributed by atoms with van der Waals surface area (Å²) in [6.45, 7) is 8.27. The maximum Gasteiger partial charge on any atom is 0.303 e. The number of benzene rings is 3. The van der Waals surface area contributed by atoms with Gasteiger partial charge < -0.3 is 25.6 Å². The van der Waals surface area contributed by atoms with E-state index in [9.17, 15) is 18.0 Å². The van der Waals surface area contributed by atoms with E-state index in [0.29, 0.717) is 33.5 Å². The monoisotopic (exact) mass is 563 g/mol. The van der Waals surface area contributed by atoms with E-state index in [-0.39, 0.29) is 24.6 Å². The van der Waals surface area contributed by atoms with E-state index in [1.54, 1.807) is 56.4 Å². The molecule has 4 aromatic rings. The maximum absolute atomic E-state index is 14.5. The van der Waals surface area contributed by atoms with E-state index in [1.807, 2.05) is 6.07 Å². The second-order valence-electron chi connectivity index (χ2n) is 9.99. The van der Waals surface area contributed by atoms with E-state index in [0.717, 1.165) is 36.2 Å². The summed E-state index contributed by atoms with van der Waals surface area (Å²) in [6.07, 6.45) is 3.60.